The van der Waals surface area contributed by atoms with Gasteiger partial charge in [0, 0.05) is 114 Å². The van der Waals surface area contributed by atoms with Crippen molar-refractivity contribution < 1.29 is 10.2 Å². The molecule has 0 aromatic heterocycles. The normalized spacial score (nSPS) is 51.7. The monoisotopic (exact) mass is 416 g/mol. The molecule has 8 bridgehead atoms. The average Bonchev–Trinajstić information content (AvgIpc) is 3.08. The third kappa shape index (κ3) is 3.03. The zero-order valence-electron chi connectivity index (χ0n) is 18.0. The van der Waals surface area contributed by atoms with Crippen molar-refractivity contribution in [1.29, 1.82) is 0 Å². The minimum absolute atomic E-state index is 0.0452. The highest BCUT2D eigenvalue weighted by atomic mass is 16.3. The highest BCUT2D eigenvalue weighted by Gasteiger charge is 2.54. The number of aliphatic hydroxyl groups excluding tert-OH is 2. The van der Waals surface area contributed by atoms with Gasteiger partial charge in [0.25, 0.3) is 0 Å². The molecule has 8 heterocycles. The summed E-state index contributed by atoms with van der Waals surface area (Å²) in [5.41, 5.74) is 2.42. The van der Waals surface area contributed by atoms with Gasteiger partial charge in [-0.15, -0.1) is 0 Å². The summed E-state index contributed by atoms with van der Waals surface area (Å²) in [5, 5.41) is 29.9. The van der Waals surface area contributed by atoms with Crippen molar-refractivity contribution in [2.45, 2.75) is 12.8 Å². The number of piperidine rings is 4. The van der Waals surface area contributed by atoms with Crippen molar-refractivity contribution in [3.8, 4) is 0 Å². The Balaban J connectivity index is 1.39. The highest BCUT2D eigenvalue weighted by Crippen LogP contribution is 2.43. The lowest BCUT2D eigenvalue weighted by Crippen LogP contribution is -2.62. The summed E-state index contributed by atoms with van der Waals surface area (Å²) >= 11 is 0. The maximum atomic E-state index is 9.89. The van der Waals surface area contributed by atoms with Crippen molar-refractivity contribution in [2.75, 3.05) is 91.8 Å². The molecule has 30 heavy (non-hydrogen) atoms. The van der Waals surface area contributed by atoms with E-state index in [4.69, 9.17) is 10.2 Å². The topological polar surface area (TPSA) is 78.1 Å². The summed E-state index contributed by atoms with van der Waals surface area (Å²) < 4.78 is 0. The molecule has 8 fully saturated rings. The summed E-state index contributed by atoms with van der Waals surface area (Å²) in [7, 11) is 0. The number of fused-ring (bicyclic) bond motifs is 2. The van der Waals surface area contributed by atoms with Crippen LogP contribution in [0.2, 0.25) is 0 Å². The summed E-state index contributed by atoms with van der Waals surface area (Å²) in [5.74, 6) is 0.874. The number of rotatable bonds is 5. The number of aliphatic hydroxyl groups is 2. The van der Waals surface area contributed by atoms with Crippen LogP contribution in [0.1, 0.15) is 12.8 Å². The molecule has 8 heteroatoms. The molecule has 0 spiro atoms. The lowest BCUT2D eigenvalue weighted by atomic mass is 9.68. The van der Waals surface area contributed by atoms with Gasteiger partial charge in [0.2, 0.25) is 0 Å². The molecule has 8 nitrogen and oxygen atoms in total. The number of hydrogen-bond donors (Lipinski definition) is 2. The Kier molecular flexibility index (Phi) is 4.82. The van der Waals surface area contributed by atoms with Crippen molar-refractivity contribution >= 4 is 11.4 Å². The second kappa shape index (κ2) is 7.32. The van der Waals surface area contributed by atoms with E-state index in [-0.39, 0.29) is 24.0 Å². The van der Waals surface area contributed by atoms with Crippen LogP contribution in [0, 0.1) is 22.7 Å². The van der Waals surface area contributed by atoms with Crippen molar-refractivity contribution in [3.63, 3.8) is 0 Å². The van der Waals surface area contributed by atoms with Gasteiger partial charge in [0.1, 0.15) is 0 Å². The van der Waals surface area contributed by atoms with Gasteiger partial charge in [0.15, 0.2) is 0 Å². The fraction of sp³-hybridized carbons (Fsp3) is 0.909. The van der Waals surface area contributed by atoms with Crippen LogP contribution < -0.4 is 0 Å². The zero-order chi connectivity index (χ0) is 20.3. The van der Waals surface area contributed by atoms with E-state index in [2.05, 4.69) is 19.6 Å². The van der Waals surface area contributed by atoms with Gasteiger partial charge in [-0.1, -0.05) is 0 Å². The minimum Gasteiger partial charge on any atom is -0.396 e. The molecule has 0 amide bonds. The molecule has 8 saturated heterocycles. The lowest BCUT2D eigenvalue weighted by Gasteiger charge is -2.51. The molecule has 8 aliphatic heterocycles. The van der Waals surface area contributed by atoms with E-state index in [1.165, 1.54) is 11.4 Å². The van der Waals surface area contributed by atoms with Gasteiger partial charge >= 0.3 is 0 Å². The second-order valence-corrected chi connectivity index (χ2v) is 10.8. The minimum atomic E-state index is -0.0452. The van der Waals surface area contributed by atoms with Crippen LogP contribution in [0.15, 0.2) is 10.2 Å². The van der Waals surface area contributed by atoms with E-state index in [0.29, 0.717) is 11.8 Å². The quantitative estimate of drug-likeness (QED) is 0.563. The molecule has 0 aromatic rings. The van der Waals surface area contributed by atoms with Gasteiger partial charge in [0.05, 0.1) is 11.4 Å². The molecule has 4 atom stereocenters. The Labute approximate surface area is 179 Å². The number of hydrogen-bond acceptors (Lipinski definition) is 8. The Morgan fingerprint density at radius 1 is 0.633 bits per heavy atom. The van der Waals surface area contributed by atoms with Gasteiger partial charge in [-0.25, -0.2) is 0 Å². The Bertz CT molecular complexity index is 660. The van der Waals surface area contributed by atoms with Gasteiger partial charge < -0.3 is 29.8 Å². The lowest BCUT2D eigenvalue weighted by molar-refractivity contribution is 0.0907. The molecular formula is C22H36N6O2. The van der Waals surface area contributed by atoms with E-state index < -0.39 is 0 Å². The Morgan fingerprint density at radius 3 is 1.27 bits per heavy atom. The number of nitrogens with zero attached hydrogens (tertiary/aromatic N) is 6. The summed E-state index contributed by atoms with van der Waals surface area (Å²) in [6, 6.07) is 0. The molecular weight excluding hydrogens is 380 g/mol. The standard InChI is InChI=1S/C22H36N6O2/c29-7-1-21-13-25-3-4-26(14-21)10-17(9-25)19(21)23-24-20-18-11-27-5-6-28(12-18)16-22(20,15-27)2-8-30/h17-18,29-30H,1-16H2/b23-19-,24-20+. The van der Waals surface area contributed by atoms with Gasteiger partial charge in [-0.2, -0.15) is 10.2 Å². The Hall–Kier alpha value is -0.900. The third-order valence-electron chi connectivity index (χ3n) is 8.79. The first kappa shape index (κ1) is 19.8. The maximum absolute atomic E-state index is 9.89. The molecule has 0 radical (unpaired) electrons. The molecule has 0 aliphatic carbocycles. The van der Waals surface area contributed by atoms with Crippen LogP contribution in [-0.4, -0.2) is 133 Å². The van der Waals surface area contributed by atoms with E-state index in [9.17, 15) is 10.2 Å². The van der Waals surface area contributed by atoms with Crippen LogP contribution in [0.3, 0.4) is 0 Å². The first-order chi connectivity index (χ1) is 14.6. The van der Waals surface area contributed by atoms with Gasteiger partial charge in [-0.3, -0.25) is 0 Å². The van der Waals surface area contributed by atoms with Gasteiger partial charge in [-0.05, 0) is 12.8 Å². The highest BCUT2D eigenvalue weighted by molar-refractivity contribution is 5.98. The molecule has 4 unspecified atom stereocenters. The van der Waals surface area contributed by atoms with Crippen molar-refractivity contribution in [3.05, 3.63) is 0 Å². The average molecular weight is 417 g/mol. The van der Waals surface area contributed by atoms with Crippen LogP contribution in [0.25, 0.3) is 0 Å². The predicted octanol–water partition coefficient (Wildman–Crippen LogP) is -0.957. The first-order valence-corrected chi connectivity index (χ1v) is 11.9. The Morgan fingerprint density at radius 2 is 0.967 bits per heavy atom. The van der Waals surface area contributed by atoms with Crippen LogP contribution in [0.4, 0.5) is 0 Å². The SMILES string of the molecule is OCCC12CN3CCN(CC(C3)/C1=N/N=C1\C3CN4CCN(C3)CC1(CCO)C4)C2. The predicted molar refractivity (Wildman–Crippen MR) is 116 cm³/mol. The molecule has 0 saturated carbocycles. The van der Waals surface area contributed by atoms with Crippen LogP contribution in [0.5, 0.6) is 0 Å². The molecule has 2 N–H and O–H groups in total. The summed E-state index contributed by atoms with van der Waals surface area (Å²) in [4.78, 5) is 10.3. The molecule has 8 rings (SSSR count). The van der Waals surface area contributed by atoms with E-state index in [1.54, 1.807) is 0 Å². The fourth-order valence-electron chi connectivity index (χ4n) is 7.70. The second-order valence-electron chi connectivity index (χ2n) is 10.8. The molecule has 8 aliphatic rings. The van der Waals surface area contributed by atoms with Crippen LogP contribution in [-0.2, 0) is 0 Å². The first-order valence-electron chi connectivity index (χ1n) is 11.9. The van der Waals surface area contributed by atoms with Crippen molar-refractivity contribution in [2.24, 2.45) is 32.9 Å². The smallest absolute Gasteiger partial charge is 0.0550 e. The summed E-state index contributed by atoms with van der Waals surface area (Å²) in [6.45, 7) is 13.4. The summed E-state index contributed by atoms with van der Waals surface area (Å²) in [6.07, 6.45) is 1.57. The van der Waals surface area contributed by atoms with E-state index >= 15 is 0 Å². The van der Waals surface area contributed by atoms with Crippen LogP contribution >= 0.6 is 0 Å². The van der Waals surface area contributed by atoms with E-state index in [1.807, 2.05) is 0 Å². The fourth-order valence-corrected chi connectivity index (χ4v) is 7.70. The molecule has 166 valence electrons. The van der Waals surface area contributed by atoms with E-state index in [0.717, 1.165) is 91.4 Å². The molecule has 0 aromatic carbocycles. The largest absolute Gasteiger partial charge is 0.396 e. The maximum Gasteiger partial charge on any atom is 0.0550 e. The van der Waals surface area contributed by atoms with Crippen molar-refractivity contribution in [1.82, 2.24) is 19.6 Å². The zero-order valence-corrected chi connectivity index (χ0v) is 18.0. The third-order valence-corrected chi connectivity index (χ3v) is 8.79.